The minimum absolute atomic E-state index is 0.229. The smallest absolute Gasteiger partial charge is 0.410 e. The standard InChI is InChI=1S/C18H23N3O2/c1-18(2,3)23-17(22)21-11-15(12-21)20-10-13-6-7-16-14(9-13)5-4-8-19-16/h4-9,15,20H,10-12H2,1-3H3. The van der Waals surface area contributed by atoms with Crippen molar-refractivity contribution < 1.29 is 9.53 Å². The first kappa shape index (κ1) is 15.7. The fraction of sp³-hybridized carbons (Fsp3) is 0.444. The Bertz CT molecular complexity index is 703. The Morgan fingerprint density at radius 1 is 1.35 bits per heavy atom. The summed E-state index contributed by atoms with van der Waals surface area (Å²) in [7, 11) is 0. The van der Waals surface area contributed by atoms with Crippen molar-refractivity contribution in [1.29, 1.82) is 0 Å². The van der Waals surface area contributed by atoms with E-state index in [1.807, 2.05) is 32.9 Å². The summed E-state index contributed by atoms with van der Waals surface area (Å²) in [5.41, 5.74) is 1.80. The van der Waals surface area contributed by atoms with Crippen LogP contribution < -0.4 is 5.32 Å². The van der Waals surface area contributed by atoms with Gasteiger partial charge < -0.3 is 15.0 Å². The number of aromatic nitrogens is 1. The third-order valence-electron chi connectivity index (χ3n) is 3.80. The van der Waals surface area contributed by atoms with Crippen LogP contribution in [0.1, 0.15) is 26.3 Å². The van der Waals surface area contributed by atoms with Crippen molar-refractivity contribution in [2.75, 3.05) is 13.1 Å². The third-order valence-corrected chi connectivity index (χ3v) is 3.80. The van der Waals surface area contributed by atoms with Gasteiger partial charge in [0.15, 0.2) is 0 Å². The van der Waals surface area contributed by atoms with Gasteiger partial charge in [-0.2, -0.15) is 0 Å². The number of nitrogens with zero attached hydrogens (tertiary/aromatic N) is 2. The van der Waals surface area contributed by atoms with Gasteiger partial charge in [-0.25, -0.2) is 4.79 Å². The number of fused-ring (bicyclic) bond motifs is 1. The monoisotopic (exact) mass is 313 g/mol. The van der Waals surface area contributed by atoms with E-state index in [-0.39, 0.29) is 6.09 Å². The number of hydrogen-bond donors (Lipinski definition) is 1. The average Bonchev–Trinajstić information content (AvgIpc) is 2.43. The number of rotatable bonds is 3. The van der Waals surface area contributed by atoms with Crippen LogP contribution in [0, 0.1) is 0 Å². The van der Waals surface area contributed by atoms with Crippen molar-refractivity contribution in [2.24, 2.45) is 0 Å². The first-order valence-corrected chi connectivity index (χ1v) is 7.96. The number of amides is 1. The molecular formula is C18H23N3O2. The molecule has 23 heavy (non-hydrogen) atoms. The highest BCUT2D eigenvalue weighted by atomic mass is 16.6. The average molecular weight is 313 g/mol. The highest BCUT2D eigenvalue weighted by molar-refractivity contribution is 5.78. The summed E-state index contributed by atoms with van der Waals surface area (Å²) < 4.78 is 5.35. The normalized spacial score (nSPS) is 15.5. The van der Waals surface area contributed by atoms with Crippen molar-refractivity contribution in [1.82, 2.24) is 15.2 Å². The molecule has 0 atom stereocenters. The number of carbonyl (C=O) groups is 1. The van der Waals surface area contributed by atoms with Crippen LogP contribution >= 0.6 is 0 Å². The lowest BCUT2D eigenvalue weighted by atomic mass is 10.1. The number of likely N-dealkylation sites (tertiary alicyclic amines) is 1. The molecule has 1 saturated heterocycles. The van der Waals surface area contributed by atoms with Gasteiger partial charge in [-0.3, -0.25) is 4.98 Å². The fourth-order valence-corrected chi connectivity index (χ4v) is 2.58. The minimum atomic E-state index is -0.436. The molecule has 3 rings (SSSR count). The Morgan fingerprint density at radius 2 is 2.13 bits per heavy atom. The maximum absolute atomic E-state index is 11.9. The van der Waals surface area contributed by atoms with Crippen LogP contribution in [0.25, 0.3) is 10.9 Å². The third kappa shape index (κ3) is 3.99. The number of nitrogens with one attached hydrogen (secondary N) is 1. The molecule has 1 N–H and O–H groups in total. The molecule has 1 amide bonds. The number of pyridine rings is 1. The number of hydrogen-bond acceptors (Lipinski definition) is 4. The van der Waals surface area contributed by atoms with E-state index >= 15 is 0 Å². The van der Waals surface area contributed by atoms with Gasteiger partial charge in [0, 0.05) is 37.3 Å². The van der Waals surface area contributed by atoms with Crippen LogP contribution in [-0.2, 0) is 11.3 Å². The van der Waals surface area contributed by atoms with Crippen molar-refractivity contribution in [3.05, 3.63) is 42.1 Å². The van der Waals surface area contributed by atoms with Gasteiger partial charge in [0.25, 0.3) is 0 Å². The summed E-state index contributed by atoms with van der Waals surface area (Å²) >= 11 is 0. The quantitative estimate of drug-likeness (QED) is 0.946. The molecule has 0 unspecified atom stereocenters. The zero-order chi connectivity index (χ0) is 16.4. The zero-order valence-corrected chi connectivity index (χ0v) is 13.9. The van der Waals surface area contributed by atoms with Gasteiger partial charge in [-0.05, 0) is 44.5 Å². The Kier molecular flexibility index (Phi) is 4.22. The predicted octanol–water partition coefficient (Wildman–Crippen LogP) is 2.94. The van der Waals surface area contributed by atoms with Crippen molar-refractivity contribution >= 4 is 17.0 Å². The molecule has 0 bridgehead atoms. The molecule has 5 heteroatoms. The lowest BCUT2D eigenvalue weighted by Crippen LogP contribution is -2.60. The van der Waals surface area contributed by atoms with E-state index < -0.39 is 5.60 Å². The summed E-state index contributed by atoms with van der Waals surface area (Å²) in [5, 5.41) is 4.63. The molecule has 1 aromatic carbocycles. The number of carbonyl (C=O) groups excluding carboxylic acids is 1. The van der Waals surface area contributed by atoms with E-state index in [0.29, 0.717) is 19.1 Å². The second-order valence-electron chi connectivity index (χ2n) is 6.99. The van der Waals surface area contributed by atoms with Gasteiger partial charge in [-0.1, -0.05) is 12.1 Å². The molecule has 2 aromatic rings. The fourth-order valence-electron chi connectivity index (χ4n) is 2.58. The number of ether oxygens (including phenoxy) is 1. The number of benzene rings is 1. The SMILES string of the molecule is CC(C)(C)OC(=O)N1CC(NCc2ccc3ncccc3c2)C1. The second kappa shape index (κ2) is 6.16. The molecule has 0 radical (unpaired) electrons. The van der Waals surface area contributed by atoms with E-state index in [2.05, 4.69) is 28.5 Å². The van der Waals surface area contributed by atoms with Crippen LogP contribution in [0.15, 0.2) is 36.5 Å². The molecule has 1 aliphatic rings. The predicted molar refractivity (Wildman–Crippen MR) is 90.2 cm³/mol. The summed E-state index contributed by atoms with van der Waals surface area (Å²) in [5.74, 6) is 0. The maximum Gasteiger partial charge on any atom is 0.410 e. The first-order valence-electron chi connectivity index (χ1n) is 7.96. The van der Waals surface area contributed by atoms with Crippen molar-refractivity contribution in [3.8, 4) is 0 Å². The van der Waals surface area contributed by atoms with Gasteiger partial charge >= 0.3 is 6.09 Å². The molecule has 2 heterocycles. The maximum atomic E-state index is 11.9. The minimum Gasteiger partial charge on any atom is -0.444 e. The Labute approximate surface area is 136 Å². The molecule has 0 spiro atoms. The van der Waals surface area contributed by atoms with E-state index in [4.69, 9.17) is 4.74 Å². The Hall–Kier alpha value is -2.14. The van der Waals surface area contributed by atoms with Crippen LogP contribution in [0.2, 0.25) is 0 Å². The van der Waals surface area contributed by atoms with E-state index in [1.54, 1.807) is 11.1 Å². The van der Waals surface area contributed by atoms with E-state index in [1.165, 1.54) is 5.56 Å². The summed E-state index contributed by atoms with van der Waals surface area (Å²) in [6.07, 6.45) is 1.58. The molecule has 122 valence electrons. The highest BCUT2D eigenvalue weighted by Crippen LogP contribution is 2.17. The lowest BCUT2D eigenvalue weighted by molar-refractivity contribution is 0.00519. The van der Waals surface area contributed by atoms with E-state index in [0.717, 1.165) is 17.4 Å². The molecule has 1 aliphatic heterocycles. The zero-order valence-electron chi connectivity index (χ0n) is 13.9. The van der Waals surface area contributed by atoms with Crippen molar-refractivity contribution in [3.63, 3.8) is 0 Å². The highest BCUT2D eigenvalue weighted by Gasteiger charge is 2.33. The summed E-state index contributed by atoms with van der Waals surface area (Å²) in [4.78, 5) is 17.9. The van der Waals surface area contributed by atoms with Gasteiger partial charge in [0.2, 0.25) is 0 Å². The van der Waals surface area contributed by atoms with Crippen LogP contribution in [0.5, 0.6) is 0 Å². The molecule has 1 fully saturated rings. The Morgan fingerprint density at radius 3 is 2.87 bits per heavy atom. The Balaban J connectivity index is 1.48. The van der Waals surface area contributed by atoms with Gasteiger partial charge in [0.1, 0.15) is 5.60 Å². The largest absolute Gasteiger partial charge is 0.444 e. The molecular weight excluding hydrogens is 290 g/mol. The van der Waals surface area contributed by atoms with Crippen molar-refractivity contribution in [2.45, 2.75) is 39.0 Å². The first-order chi connectivity index (χ1) is 10.9. The van der Waals surface area contributed by atoms with Crippen LogP contribution in [-0.4, -0.2) is 40.7 Å². The lowest BCUT2D eigenvalue weighted by Gasteiger charge is -2.40. The molecule has 0 aliphatic carbocycles. The van der Waals surface area contributed by atoms with E-state index in [9.17, 15) is 4.79 Å². The summed E-state index contributed by atoms with van der Waals surface area (Å²) in [6, 6.07) is 10.6. The van der Waals surface area contributed by atoms with Gasteiger partial charge in [0.05, 0.1) is 5.52 Å². The van der Waals surface area contributed by atoms with Gasteiger partial charge in [-0.15, -0.1) is 0 Å². The van der Waals surface area contributed by atoms with Crippen LogP contribution in [0.4, 0.5) is 4.79 Å². The molecule has 1 aromatic heterocycles. The second-order valence-corrected chi connectivity index (χ2v) is 6.99. The molecule has 0 saturated carbocycles. The summed E-state index contributed by atoms with van der Waals surface area (Å²) in [6.45, 7) is 7.84. The molecule has 5 nitrogen and oxygen atoms in total. The topological polar surface area (TPSA) is 54.5 Å². The van der Waals surface area contributed by atoms with Crippen LogP contribution in [0.3, 0.4) is 0 Å².